The normalized spacial score (nSPS) is 11.5. The van der Waals surface area contributed by atoms with Crippen LogP contribution in [0, 0.1) is 0 Å². The molecule has 0 aromatic heterocycles. The molecule has 0 fully saturated rings. The fourth-order valence-corrected chi connectivity index (χ4v) is 4.23. The van der Waals surface area contributed by atoms with Crippen LogP contribution in [0.1, 0.15) is 16.7 Å². The van der Waals surface area contributed by atoms with E-state index in [0.29, 0.717) is 36.1 Å². The lowest BCUT2D eigenvalue weighted by Gasteiger charge is -2.16. The molecule has 0 bridgehead atoms. The predicted molar refractivity (Wildman–Crippen MR) is 122 cm³/mol. The number of hydrogen-bond acceptors (Lipinski definition) is 5. The van der Waals surface area contributed by atoms with Gasteiger partial charge in [0.1, 0.15) is 6.61 Å². The van der Waals surface area contributed by atoms with Crippen molar-refractivity contribution < 1.29 is 17.9 Å². The van der Waals surface area contributed by atoms with Crippen LogP contribution in [0.25, 0.3) is 0 Å². The molecule has 3 aromatic carbocycles. The summed E-state index contributed by atoms with van der Waals surface area (Å²) in [4.78, 5) is 0.314. The second-order valence-corrected chi connectivity index (χ2v) is 9.38. The third kappa shape index (κ3) is 5.85. The van der Waals surface area contributed by atoms with E-state index in [1.165, 1.54) is 18.4 Å². The van der Waals surface area contributed by atoms with Crippen LogP contribution < -0.4 is 14.8 Å². The second-order valence-electron chi connectivity index (χ2n) is 7.26. The first-order valence-corrected chi connectivity index (χ1v) is 11.4. The van der Waals surface area contributed by atoms with Gasteiger partial charge in [-0.1, -0.05) is 54.6 Å². The molecule has 0 unspecified atom stereocenters. The van der Waals surface area contributed by atoms with Gasteiger partial charge in [-0.25, -0.2) is 12.7 Å². The summed E-state index contributed by atoms with van der Waals surface area (Å²) in [6.45, 7) is 1.43. The number of nitrogens with one attached hydrogen (secondary N) is 1. The number of nitrogens with zero attached hydrogens (tertiary/aromatic N) is 1. The van der Waals surface area contributed by atoms with Crippen LogP contribution in [0.2, 0.25) is 0 Å². The minimum Gasteiger partial charge on any atom is -0.493 e. The van der Waals surface area contributed by atoms with Crippen molar-refractivity contribution in [3.05, 3.63) is 89.5 Å². The molecule has 164 valence electrons. The number of methoxy groups -OCH3 is 1. The van der Waals surface area contributed by atoms with E-state index in [2.05, 4.69) is 5.32 Å². The van der Waals surface area contributed by atoms with E-state index in [0.717, 1.165) is 16.7 Å². The highest BCUT2D eigenvalue weighted by Crippen LogP contribution is 2.29. The Balaban J connectivity index is 1.68. The van der Waals surface area contributed by atoms with Crippen LogP contribution in [0.5, 0.6) is 11.5 Å². The van der Waals surface area contributed by atoms with Crippen molar-refractivity contribution in [2.75, 3.05) is 21.2 Å². The van der Waals surface area contributed by atoms with Crippen molar-refractivity contribution in [1.29, 1.82) is 0 Å². The van der Waals surface area contributed by atoms with Gasteiger partial charge < -0.3 is 14.8 Å². The highest BCUT2D eigenvalue weighted by atomic mass is 32.2. The van der Waals surface area contributed by atoms with E-state index >= 15 is 0 Å². The molecule has 7 heteroatoms. The number of rotatable bonds is 10. The molecule has 0 saturated heterocycles. The lowest BCUT2D eigenvalue weighted by Crippen LogP contribution is -2.24. The lowest BCUT2D eigenvalue weighted by atomic mass is 10.1. The first-order chi connectivity index (χ1) is 14.9. The summed E-state index contributed by atoms with van der Waals surface area (Å²) in [5, 5.41) is 3.33. The minimum atomic E-state index is -3.50. The maximum atomic E-state index is 12.6. The highest BCUT2D eigenvalue weighted by molar-refractivity contribution is 7.89. The Kier molecular flexibility index (Phi) is 7.68. The highest BCUT2D eigenvalue weighted by Gasteiger charge is 2.20. The summed E-state index contributed by atoms with van der Waals surface area (Å²) in [7, 11) is 1.19. The monoisotopic (exact) mass is 440 g/mol. The molecule has 0 spiro atoms. The van der Waals surface area contributed by atoms with Crippen LogP contribution in [0.4, 0.5) is 0 Å². The smallest absolute Gasteiger partial charge is 0.242 e. The molecule has 31 heavy (non-hydrogen) atoms. The summed E-state index contributed by atoms with van der Waals surface area (Å²) in [6, 6.07) is 22.8. The third-order valence-corrected chi connectivity index (χ3v) is 6.76. The third-order valence-electron chi connectivity index (χ3n) is 4.84. The average Bonchev–Trinajstić information content (AvgIpc) is 2.78. The van der Waals surface area contributed by atoms with Gasteiger partial charge in [-0.3, -0.25) is 0 Å². The Labute approximate surface area is 184 Å². The molecule has 1 N–H and O–H groups in total. The van der Waals surface area contributed by atoms with Crippen molar-refractivity contribution in [1.82, 2.24) is 9.62 Å². The molecular weight excluding hydrogens is 412 g/mol. The lowest BCUT2D eigenvalue weighted by molar-refractivity contribution is 0.284. The molecular formula is C24H28N2O4S. The van der Waals surface area contributed by atoms with Gasteiger partial charge in [0.15, 0.2) is 11.5 Å². The maximum Gasteiger partial charge on any atom is 0.242 e. The largest absolute Gasteiger partial charge is 0.493 e. The van der Waals surface area contributed by atoms with Gasteiger partial charge in [-0.05, 0) is 34.9 Å². The number of benzene rings is 3. The van der Waals surface area contributed by atoms with Gasteiger partial charge in [-0.2, -0.15) is 0 Å². The van der Waals surface area contributed by atoms with E-state index in [4.69, 9.17) is 9.47 Å². The Hall–Kier alpha value is -2.87. The minimum absolute atomic E-state index is 0.314. The Morgan fingerprint density at radius 2 is 1.55 bits per heavy atom. The molecule has 0 aliphatic heterocycles. The fourth-order valence-electron chi connectivity index (χ4n) is 3.12. The van der Waals surface area contributed by atoms with E-state index in [9.17, 15) is 8.42 Å². The van der Waals surface area contributed by atoms with Gasteiger partial charge in [-0.15, -0.1) is 0 Å². The predicted octanol–water partition coefficient (Wildman–Crippen LogP) is 3.81. The first kappa shape index (κ1) is 22.8. The molecule has 0 amide bonds. The quantitative estimate of drug-likeness (QED) is 0.519. The molecule has 3 aromatic rings. The van der Waals surface area contributed by atoms with Crippen LogP contribution in [-0.4, -0.2) is 33.9 Å². The van der Waals surface area contributed by atoms with Crippen LogP contribution in [0.15, 0.2) is 77.7 Å². The summed E-state index contributed by atoms with van der Waals surface area (Å²) in [5.74, 6) is 1.34. The molecule has 0 saturated carbocycles. The molecule has 0 aliphatic rings. The van der Waals surface area contributed by atoms with Gasteiger partial charge in [0.25, 0.3) is 0 Å². The van der Waals surface area contributed by atoms with Crippen LogP contribution >= 0.6 is 0 Å². The molecule has 6 nitrogen and oxygen atoms in total. The SMILES string of the molecule is COc1ccc(CNCc2ccccc2S(=O)(=O)N(C)C)cc1OCc1ccccc1. The standard InChI is InChI=1S/C24H28N2O4S/c1-26(2)31(27,28)24-12-8-7-11-21(24)17-25-16-20-13-14-22(29-3)23(15-20)30-18-19-9-5-4-6-10-19/h4-15,25H,16-18H2,1-3H3. The Morgan fingerprint density at radius 1 is 0.839 bits per heavy atom. The van der Waals surface area contributed by atoms with Gasteiger partial charge >= 0.3 is 0 Å². The number of ether oxygens (including phenoxy) is 2. The topological polar surface area (TPSA) is 67.9 Å². The molecule has 0 aliphatic carbocycles. The zero-order valence-corrected chi connectivity index (χ0v) is 18.9. The van der Waals surface area contributed by atoms with E-state index in [1.807, 2.05) is 60.7 Å². The van der Waals surface area contributed by atoms with Gasteiger partial charge in [0.05, 0.1) is 12.0 Å². The van der Waals surface area contributed by atoms with Gasteiger partial charge in [0.2, 0.25) is 10.0 Å². The number of hydrogen-bond donors (Lipinski definition) is 1. The second kappa shape index (κ2) is 10.4. The van der Waals surface area contributed by atoms with Crippen molar-refractivity contribution in [2.24, 2.45) is 0 Å². The Bertz CT molecular complexity index is 1100. The fraction of sp³-hybridized carbons (Fsp3) is 0.250. The number of sulfonamides is 1. The van der Waals surface area contributed by atoms with Crippen LogP contribution in [0.3, 0.4) is 0 Å². The van der Waals surface area contributed by atoms with Crippen molar-refractivity contribution in [3.8, 4) is 11.5 Å². The zero-order chi connectivity index (χ0) is 22.3. The van der Waals surface area contributed by atoms with Crippen LogP contribution in [-0.2, 0) is 29.7 Å². The van der Waals surface area contributed by atoms with Crippen molar-refractivity contribution >= 4 is 10.0 Å². The van der Waals surface area contributed by atoms with E-state index < -0.39 is 10.0 Å². The summed E-state index contributed by atoms with van der Waals surface area (Å²) in [5.41, 5.74) is 2.81. The molecule has 0 heterocycles. The summed E-state index contributed by atoms with van der Waals surface area (Å²) >= 11 is 0. The van der Waals surface area contributed by atoms with Gasteiger partial charge in [0, 0.05) is 27.2 Å². The van der Waals surface area contributed by atoms with Crippen molar-refractivity contribution in [2.45, 2.75) is 24.6 Å². The molecule has 0 atom stereocenters. The van der Waals surface area contributed by atoms with Crippen molar-refractivity contribution in [3.63, 3.8) is 0 Å². The molecule has 0 radical (unpaired) electrons. The Morgan fingerprint density at radius 3 is 2.26 bits per heavy atom. The summed E-state index contributed by atoms with van der Waals surface area (Å²) in [6.07, 6.45) is 0. The van der Waals surface area contributed by atoms with E-state index in [-0.39, 0.29) is 0 Å². The summed E-state index contributed by atoms with van der Waals surface area (Å²) < 4.78 is 37.7. The first-order valence-electron chi connectivity index (χ1n) is 9.96. The van der Waals surface area contributed by atoms with E-state index in [1.54, 1.807) is 19.2 Å². The zero-order valence-electron chi connectivity index (χ0n) is 18.0. The maximum absolute atomic E-state index is 12.6. The molecule has 3 rings (SSSR count). The average molecular weight is 441 g/mol.